The number of halogens is 3. The molecule has 9 heteroatoms. The molecular weight excluding hydrogens is 416 g/mol. The number of carboxylic acid groups (broad SMARTS) is 1. The van der Waals surface area contributed by atoms with Crippen LogP contribution in [-0.2, 0) is 5.66 Å². The number of fused-ring (bicyclic) bond motifs is 1. The Balaban J connectivity index is 1.97. The molecule has 1 aliphatic rings. The normalized spacial score (nSPS) is 17.0. The third-order valence-electron chi connectivity index (χ3n) is 4.91. The summed E-state index contributed by atoms with van der Waals surface area (Å²) in [7, 11) is 0. The molecule has 0 aliphatic carbocycles. The lowest BCUT2D eigenvalue weighted by atomic mass is 9.89. The number of nitrogens with one attached hydrogen (secondary N) is 2. The van der Waals surface area contributed by atoms with Gasteiger partial charge in [0.1, 0.15) is 11.6 Å². The van der Waals surface area contributed by atoms with E-state index in [4.69, 9.17) is 17.3 Å². The first-order valence-corrected chi connectivity index (χ1v) is 9.09. The molecule has 152 valence electrons. The van der Waals surface area contributed by atoms with Gasteiger partial charge in [0.05, 0.1) is 22.5 Å². The van der Waals surface area contributed by atoms with Crippen molar-refractivity contribution in [1.82, 2.24) is 0 Å². The Morgan fingerprint density at radius 1 is 0.933 bits per heavy atom. The van der Waals surface area contributed by atoms with Gasteiger partial charge in [-0.25, -0.2) is 13.6 Å². The molecule has 1 heterocycles. The zero-order chi connectivity index (χ0) is 21.6. The molecule has 0 radical (unpaired) electrons. The van der Waals surface area contributed by atoms with Crippen molar-refractivity contribution < 1.29 is 23.5 Å². The van der Waals surface area contributed by atoms with Crippen molar-refractivity contribution in [1.29, 1.82) is 0 Å². The van der Waals surface area contributed by atoms with Crippen LogP contribution in [0.2, 0.25) is 5.02 Å². The molecule has 4 rings (SSSR count). The molecule has 0 aromatic heterocycles. The van der Waals surface area contributed by atoms with E-state index in [1.807, 2.05) is 0 Å². The summed E-state index contributed by atoms with van der Waals surface area (Å²) < 4.78 is 29.7. The highest BCUT2D eigenvalue weighted by molar-refractivity contribution is 6.32. The van der Waals surface area contributed by atoms with Gasteiger partial charge in [0.15, 0.2) is 5.66 Å². The van der Waals surface area contributed by atoms with Gasteiger partial charge in [-0.1, -0.05) is 23.7 Å². The van der Waals surface area contributed by atoms with Crippen LogP contribution in [0.5, 0.6) is 0 Å². The third-order valence-corrected chi connectivity index (χ3v) is 5.22. The fourth-order valence-electron chi connectivity index (χ4n) is 3.55. The highest BCUT2D eigenvalue weighted by atomic mass is 35.5. The minimum atomic E-state index is -1.71. The average Bonchev–Trinajstić information content (AvgIpc) is 3.06. The Morgan fingerprint density at radius 2 is 1.57 bits per heavy atom. The topological polar surface area (TPSA) is 104 Å². The van der Waals surface area contributed by atoms with Crippen LogP contribution in [0, 0.1) is 11.6 Å². The molecular formula is C21H14ClF2N3O3. The highest BCUT2D eigenvalue weighted by Crippen LogP contribution is 2.47. The second-order valence-electron chi connectivity index (χ2n) is 6.72. The van der Waals surface area contributed by atoms with Crippen LogP contribution < -0.4 is 16.4 Å². The van der Waals surface area contributed by atoms with Crippen LogP contribution in [0.1, 0.15) is 31.8 Å². The fourth-order valence-corrected chi connectivity index (χ4v) is 3.87. The number of rotatable bonds is 4. The van der Waals surface area contributed by atoms with Crippen LogP contribution in [-0.4, -0.2) is 17.0 Å². The largest absolute Gasteiger partial charge is 0.478 e. The van der Waals surface area contributed by atoms with Gasteiger partial charge in [-0.05, 0) is 42.5 Å². The number of hydrogen-bond acceptors (Lipinski definition) is 4. The van der Waals surface area contributed by atoms with Gasteiger partial charge in [-0.15, -0.1) is 0 Å². The molecule has 1 atom stereocenters. The Morgan fingerprint density at radius 3 is 2.17 bits per heavy atom. The van der Waals surface area contributed by atoms with Gasteiger partial charge in [-0.2, -0.15) is 0 Å². The van der Waals surface area contributed by atoms with E-state index in [2.05, 4.69) is 10.6 Å². The van der Waals surface area contributed by atoms with E-state index in [9.17, 15) is 23.5 Å². The summed E-state index contributed by atoms with van der Waals surface area (Å²) in [6.07, 6.45) is 0. The van der Waals surface area contributed by atoms with Crippen molar-refractivity contribution in [3.63, 3.8) is 0 Å². The van der Waals surface area contributed by atoms with Gasteiger partial charge in [0, 0.05) is 16.1 Å². The molecule has 0 saturated heterocycles. The maximum Gasteiger partial charge on any atom is 0.335 e. The predicted octanol–water partition coefficient (Wildman–Crippen LogP) is 4.15. The van der Waals surface area contributed by atoms with Crippen LogP contribution in [0.25, 0.3) is 0 Å². The summed E-state index contributed by atoms with van der Waals surface area (Å²) in [6, 6.07) is 11.7. The van der Waals surface area contributed by atoms with Crippen LogP contribution >= 0.6 is 11.6 Å². The van der Waals surface area contributed by atoms with E-state index >= 15 is 0 Å². The second-order valence-corrected chi connectivity index (χ2v) is 7.13. The van der Waals surface area contributed by atoms with Crippen LogP contribution in [0.3, 0.4) is 0 Å². The second kappa shape index (κ2) is 7.00. The molecule has 30 heavy (non-hydrogen) atoms. The molecule has 6 nitrogen and oxygen atoms in total. The van der Waals surface area contributed by atoms with Crippen LogP contribution in [0.4, 0.5) is 20.2 Å². The predicted molar refractivity (Wildman–Crippen MR) is 108 cm³/mol. The molecule has 0 fully saturated rings. The van der Waals surface area contributed by atoms with Crippen molar-refractivity contribution in [2.24, 2.45) is 5.73 Å². The van der Waals surface area contributed by atoms with Crippen molar-refractivity contribution in [3.8, 4) is 0 Å². The standard InChI is InChI=1S/C21H14ClF2N3O3/c22-13-8-10(19(25)28)4-6-12(13)21(18-14(23)2-1-3-15(18)24)26-16-7-5-11(20(29)30)9-17(16)27-21/h1-9,26-27H,(H2,25,28)(H,29,30). The lowest BCUT2D eigenvalue weighted by Crippen LogP contribution is -2.42. The first kappa shape index (κ1) is 19.7. The first-order chi connectivity index (χ1) is 14.2. The van der Waals surface area contributed by atoms with Crippen molar-refractivity contribution in [3.05, 3.63) is 93.5 Å². The highest BCUT2D eigenvalue weighted by Gasteiger charge is 2.45. The van der Waals surface area contributed by atoms with Gasteiger partial charge < -0.3 is 21.5 Å². The lowest BCUT2D eigenvalue weighted by molar-refractivity contribution is 0.0696. The van der Waals surface area contributed by atoms with E-state index in [1.165, 1.54) is 42.5 Å². The number of hydrogen-bond donors (Lipinski definition) is 4. The van der Waals surface area contributed by atoms with E-state index < -0.39 is 29.2 Å². The van der Waals surface area contributed by atoms with Gasteiger partial charge in [0.25, 0.3) is 0 Å². The van der Waals surface area contributed by atoms with Crippen molar-refractivity contribution in [2.45, 2.75) is 5.66 Å². The number of primary amides is 1. The molecule has 1 amide bonds. The van der Waals surface area contributed by atoms with Crippen LogP contribution in [0.15, 0.2) is 54.6 Å². The Kier molecular flexibility index (Phi) is 4.58. The monoisotopic (exact) mass is 429 g/mol. The zero-order valence-electron chi connectivity index (χ0n) is 15.2. The fraction of sp³-hybridized carbons (Fsp3) is 0.0476. The lowest BCUT2D eigenvalue weighted by Gasteiger charge is -2.33. The minimum Gasteiger partial charge on any atom is -0.478 e. The van der Waals surface area contributed by atoms with E-state index in [1.54, 1.807) is 0 Å². The maximum absolute atomic E-state index is 14.9. The first-order valence-electron chi connectivity index (χ1n) is 8.71. The molecule has 0 bridgehead atoms. The molecule has 0 saturated carbocycles. The number of benzene rings is 3. The molecule has 1 aliphatic heterocycles. The number of nitrogens with two attached hydrogens (primary N) is 1. The number of aromatic carboxylic acids is 1. The molecule has 1 unspecified atom stereocenters. The quantitative estimate of drug-likeness (QED) is 0.498. The van der Waals surface area contributed by atoms with Gasteiger partial charge >= 0.3 is 5.97 Å². The Labute approximate surface area is 174 Å². The molecule has 5 N–H and O–H groups in total. The van der Waals surface area contributed by atoms with Crippen molar-refractivity contribution >= 4 is 34.9 Å². The Hall–Kier alpha value is -3.65. The number of anilines is 2. The smallest absolute Gasteiger partial charge is 0.335 e. The summed E-state index contributed by atoms with van der Waals surface area (Å²) in [5, 5.41) is 15.3. The Bertz CT molecular complexity index is 1200. The number of carbonyl (C=O) groups is 2. The number of carbonyl (C=O) groups excluding carboxylic acids is 1. The van der Waals surface area contributed by atoms with Gasteiger partial charge in [-0.3, -0.25) is 4.79 Å². The van der Waals surface area contributed by atoms with Crippen molar-refractivity contribution in [2.75, 3.05) is 10.6 Å². The number of carboxylic acids is 1. The maximum atomic E-state index is 14.9. The zero-order valence-corrected chi connectivity index (χ0v) is 15.9. The molecule has 3 aromatic rings. The SMILES string of the molecule is NC(=O)c1ccc(C2(c3c(F)cccc3F)Nc3ccc(C(=O)O)cc3N2)c(Cl)c1. The van der Waals surface area contributed by atoms with E-state index in [0.717, 1.165) is 12.1 Å². The van der Waals surface area contributed by atoms with E-state index in [0.29, 0.717) is 11.4 Å². The summed E-state index contributed by atoms with van der Waals surface area (Å²) >= 11 is 6.40. The summed E-state index contributed by atoms with van der Waals surface area (Å²) in [5.41, 5.74) is 4.27. The van der Waals surface area contributed by atoms with Gasteiger partial charge in [0.2, 0.25) is 5.91 Å². The average molecular weight is 430 g/mol. The summed E-state index contributed by atoms with van der Waals surface area (Å²) in [4.78, 5) is 22.8. The summed E-state index contributed by atoms with van der Waals surface area (Å²) in [5.74, 6) is -3.57. The summed E-state index contributed by atoms with van der Waals surface area (Å²) in [6.45, 7) is 0. The minimum absolute atomic E-state index is 0.0111. The van der Waals surface area contributed by atoms with E-state index in [-0.39, 0.29) is 27.3 Å². The number of amides is 1. The third kappa shape index (κ3) is 3.02. The molecule has 3 aromatic carbocycles. The molecule has 0 spiro atoms.